The van der Waals surface area contributed by atoms with Crippen LogP contribution in [0.2, 0.25) is 0 Å². The van der Waals surface area contributed by atoms with Gasteiger partial charge in [-0.3, -0.25) is 0 Å². The minimum Gasteiger partial charge on any atom is -0.331 e. The molecule has 0 spiro atoms. The fourth-order valence-corrected chi connectivity index (χ4v) is 13.2. The largest absolute Gasteiger partial charge is 0.331 e. The van der Waals surface area contributed by atoms with Crippen LogP contribution < -0.4 is 0 Å². The second kappa shape index (κ2) is 17.4. The predicted molar refractivity (Wildman–Crippen MR) is 202 cm³/mol. The lowest BCUT2D eigenvalue weighted by molar-refractivity contribution is 0.375. The Morgan fingerprint density at radius 2 is 1.32 bits per heavy atom. The summed E-state index contributed by atoms with van der Waals surface area (Å²) < 4.78 is 77.2. The van der Waals surface area contributed by atoms with Crippen LogP contribution in [0.5, 0.6) is 0 Å². The van der Waals surface area contributed by atoms with E-state index in [1.807, 2.05) is 24.3 Å². The van der Waals surface area contributed by atoms with Crippen molar-refractivity contribution in [3.05, 3.63) is 81.8 Å². The smallest absolute Gasteiger partial charge is 0.200 e. The van der Waals surface area contributed by atoms with E-state index in [2.05, 4.69) is 61.6 Å². The third-order valence-corrected chi connectivity index (χ3v) is 15.7. The third-order valence-electron chi connectivity index (χ3n) is 9.67. The molecule has 1 aliphatic carbocycles. The molecule has 0 saturated carbocycles. The van der Waals surface area contributed by atoms with Crippen molar-refractivity contribution >= 4 is 35.9 Å². The van der Waals surface area contributed by atoms with Crippen LogP contribution >= 0.6 is 14.4 Å². The van der Waals surface area contributed by atoms with Crippen LogP contribution in [0.15, 0.2) is 30.5 Å². The van der Waals surface area contributed by atoms with E-state index >= 15 is 8.78 Å². The van der Waals surface area contributed by atoms with Crippen LogP contribution in [0.3, 0.4) is 0 Å². The minimum absolute atomic E-state index is 0.103. The number of benzene rings is 2. The number of rotatable bonds is 14. The SMILES string of the molecule is CCCCCCC#Cp1c2c(CCCC(C)C)cn(C3C(c4c(F)c(F)c(F)c(F)c4F)=C(C)c4ccccc43)c2p1C#CCCCCCC. The minimum atomic E-state index is -2.15. The Hall–Kier alpha value is -3.17. The van der Waals surface area contributed by atoms with E-state index in [9.17, 15) is 13.2 Å². The van der Waals surface area contributed by atoms with E-state index in [1.165, 1.54) is 24.4 Å². The molecular formula is C42H48F5NP2. The van der Waals surface area contributed by atoms with Gasteiger partial charge in [0.25, 0.3) is 0 Å². The van der Waals surface area contributed by atoms with Crippen molar-refractivity contribution in [3.63, 3.8) is 0 Å². The lowest BCUT2D eigenvalue weighted by Gasteiger charge is -2.24. The highest BCUT2D eigenvalue weighted by Gasteiger charge is 2.39. The molecule has 0 bridgehead atoms. The Balaban J connectivity index is 1.73. The first-order chi connectivity index (χ1) is 24.1. The highest BCUT2D eigenvalue weighted by molar-refractivity contribution is 8.20. The van der Waals surface area contributed by atoms with Gasteiger partial charge in [-0.05, 0) is 84.9 Å². The van der Waals surface area contributed by atoms with E-state index in [0.29, 0.717) is 11.5 Å². The number of allylic oxidation sites excluding steroid dienone is 2. The molecule has 1 aliphatic rings. The maximum atomic E-state index is 15.7. The fourth-order valence-electron chi connectivity index (χ4n) is 7.01. The molecule has 266 valence electrons. The molecule has 0 fully saturated rings. The first kappa shape index (κ1) is 38.1. The normalized spacial score (nSPS) is 14.7. The number of hydrogen-bond acceptors (Lipinski definition) is 0. The van der Waals surface area contributed by atoms with Crippen molar-refractivity contribution in [2.75, 3.05) is 0 Å². The second-order valence-corrected chi connectivity index (χ2v) is 18.8. The molecule has 2 aromatic carbocycles. The van der Waals surface area contributed by atoms with Crippen molar-refractivity contribution in [1.82, 2.24) is 4.57 Å². The van der Waals surface area contributed by atoms with Crippen molar-refractivity contribution < 1.29 is 22.0 Å². The van der Waals surface area contributed by atoms with Gasteiger partial charge in [0, 0.05) is 31.4 Å². The summed E-state index contributed by atoms with van der Waals surface area (Å²) >= 11 is 0. The number of aryl methyl sites for hydroxylation is 1. The van der Waals surface area contributed by atoms with Gasteiger partial charge in [0.1, 0.15) is 0 Å². The molecule has 4 aromatic rings. The average molecular weight is 724 g/mol. The van der Waals surface area contributed by atoms with Crippen LogP contribution in [0.4, 0.5) is 22.0 Å². The van der Waals surface area contributed by atoms with Gasteiger partial charge in [0.15, 0.2) is 23.3 Å². The van der Waals surface area contributed by atoms with E-state index < -0.39 is 55.1 Å². The van der Waals surface area contributed by atoms with Crippen LogP contribution in [-0.4, -0.2) is 4.57 Å². The lowest BCUT2D eigenvalue weighted by atomic mass is 9.95. The summed E-state index contributed by atoms with van der Waals surface area (Å²) in [5.41, 5.74) is 9.73. The summed E-state index contributed by atoms with van der Waals surface area (Å²) in [6.45, 7) is 10.5. The summed E-state index contributed by atoms with van der Waals surface area (Å²) in [6.07, 6.45) is 15.6. The Bertz CT molecular complexity index is 1960. The number of aromatic nitrogens is 1. The molecule has 2 aromatic heterocycles. The molecule has 8 heteroatoms. The fraction of sp³-hybridized carbons (Fsp3) is 0.476. The number of nitrogens with zero attached hydrogens (tertiary/aromatic N) is 1. The lowest BCUT2D eigenvalue weighted by Crippen LogP contribution is -2.14. The van der Waals surface area contributed by atoms with Gasteiger partial charge in [-0.1, -0.05) is 109 Å². The highest BCUT2D eigenvalue weighted by atomic mass is 31.9. The number of fused-ring (bicyclic) bond motifs is 2. The number of halogens is 5. The Morgan fingerprint density at radius 1 is 0.740 bits per heavy atom. The first-order valence-electron chi connectivity index (χ1n) is 18.3. The van der Waals surface area contributed by atoms with Crippen LogP contribution in [-0.2, 0) is 6.42 Å². The predicted octanol–water partition coefficient (Wildman–Crippen LogP) is 14.4. The van der Waals surface area contributed by atoms with Gasteiger partial charge in [0.05, 0.1) is 16.9 Å². The van der Waals surface area contributed by atoms with Crippen LogP contribution in [0, 0.1) is 58.2 Å². The Labute approximate surface area is 296 Å². The summed E-state index contributed by atoms with van der Waals surface area (Å²) in [5.74, 6) is -2.12. The van der Waals surface area contributed by atoms with Gasteiger partial charge in [-0.15, -0.1) is 0 Å². The van der Waals surface area contributed by atoms with Crippen LogP contribution in [0.1, 0.15) is 140 Å². The van der Waals surface area contributed by atoms with Gasteiger partial charge in [0.2, 0.25) is 5.82 Å². The summed E-state index contributed by atoms with van der Waals surface area (Å²) in [4.78, 5) is 0. The van der Waals surface area contributed by atoms with Crippen LogP contribution in [0.25, 0.3) is 21.5 Å². The maximum Gasteiger partial charge on any atom is 0.200 e. The summed E-state index contributed by atoms with van der Waals surface area (Å²) in [5, 5.41) is 2.23. The molecule has 50 heavy (non-hydrogen) atoms. The quantitative estimate of drug-likeness (QED) is 0.0401. The second-order valence-electron chi connectivity index (χ2n) is 13.8. The average Bonchev–Trinajstić information content (AvgIpc) is 3.57. The molecule has 0 radical (unpaired) electrons. The number of unbranched alkanes of at least 4 members (excludes halogenated alkanes) is 8. The zero-order valence-electron chi connectivity index (χ0n) is 30.0. The summed E-state index contributed by atoms with van der Waals surface area (Å²) in [6, 6.07) is 6.66. The standard InChI is InChI=1S/C42H48F5NP2/c1-6-8-10-12-14-18-25-49-41-30(22-20-21-28(3)4)27-48(42(41)50(49)26-19-15-13-11-9-7-2)40-32-24-17-16-23-31(32)29(5)33(40)34-35(43)37(45)39(47)38(46)36(34)44/h16-17,23-24,27-28,40H,6-15,20-22H2,1-5H3. The molecule has 0 N–H and O–H groups in total. The first-order valence-corrected chi connectivity index (χ1v) is 21.6. The van der Waals surface area contributed by atoms with Crippen molar-refractivity contribution in [2.24, 2.45) is 5.92 Å². The van der Waals surface area contributed by atoms with E-state index in [1.54, 1.807) is 6.92 Å². The molecule has 3 atom stereocenters. The molecule has 0 aliphatic heterocycles. The molecule has 2 heterocycles. The van der Waals surface area contributed by atoms with E-state index in [4.69, 9.17) is 0 Å². The molecule has 5 rings (SSSR count). The zero-order valence-corrected chi connectivity index (χ0v) is 31.8. The molecule has 0 saturated heterocycles. The third kappa shape index (κ3) is 7.69. The molecule has 1 nitrogen and oxygen atoms in total. The molecular weight excluding hydrogens is 675 g/mol. The van der Waals surface area contributed by atoms with Crippen molar-refractivity contribution in [1.29, 1.82) is 0 Å². The summed E-state index contributed by atoms with van der Waals surface area (Å²) in [7, 11) is -1.90. The molecule has 0 amide bonds. The van der Waals surface area contributed by atoms with Gasteiger partial charge < -0.3 is 4.57 Å². The topological polar surface area (TPSA) is 4.93 Å². The number of hydrogen-bond donors (Lipinski definition) is 0. The zero-order chi connectivity index (χ0) is 35.9. The Morgan fingerprint density at radius 3 is 1.92 bits per heavy atom. The van der Waals surface area contributed by atoms with Crippen molar-refractivity contribution in [2.45, 2.75) is 124 Å². The highest BCUT2D eigenvalue weighted by Crippen LogP contribution is 2.68. The van der Waals surface area contributed by atoms with Gasteiger partial charge >= 0.3 is 0 Å². The Kier molecular flexibility index (Phi) is 13.2. The van der Waals surface area contributed by atoms with Crippen molar-refractivity contribution in [3.8, 4) is 23.2 Å². The van der Waals surface area contributed by atoms with E-state index in [0.717, 1.165) is 86.1 Å². The van der Waals surface area contributed by atoms with Gasteiger partial charge in [-0.25, -0.2) is 22.0 Å². The molecule has 3 unspecified atom stereocenters. The van der Waals surface area contributed by atoms with E-state index in [-0.39, 0.29) is 5.57 Å². The van der Waals surface area contributed by atoms with Gasteiger partial charge in [-0.2, -0.15) is 0 Å². The maximum absolute atomic E-state index is 15.7. The monoisotopic (exact) mass is 723 g/mol.